The number of hydrogen-bond donors (Lipinski definition) is 3. The van der Waals surface area contributed by atoms with Crippen LogP contribution in [0.1, 0.15) is 11.1 Å². The molecule has 0 bridgehead atoms. The van der Waals surface area contributed by atoms with Gasteiger partial charge < -0.3 is 15.7 Å². The van der Waals surface area contributed by atoms with Crippen molar-refractivity contribution in [2.75, 3.05) is 5.32 Å². The smallest absolute Gasteiger partial charge is 0.329 e. The van der Waals surface area contributed by atoms with E-state index in [4.69, 9.17) is 5.11 Å². The number of benzene rings is 1. The number of nitrogens with one attached hydrogen (secondary N) is 2. The summed E-state index contributed by atoms with van der Waals surface area (Å²) in [6.45, 7) is 3.85. The predicted octanol–water partition coefficient (Wildman–Crippen LogP) is 2.02. The SMILES string of the molecule is Cc1cccc(NC(=O)N/C=C/C(=O)O)c1C. The first-order chi connectivity index (χ1) is 8.00. The molecule has 0 aliphatic rings. The number of hydrogen-bond acceptors (Lipinski definition) is 2. The first-order valence-electron chi connectivity index (χ1n) is 5.04. The molecule has 0 unspecified atom stereocenters. The van der Waals surface area contributed by atoms with Crippen molar-refractivity contribution < 1.29 is 14.7 Å². The Bertz CT molecular complexity index is 467. The van der Waals surface area contributed by atoms with Crippen molar-refractivity contribution in [2.24, 2.45) is 0 Å². The standard InChI is InChI=1S/C12H14N2O3/c1-8-4-3-5-10(9(8)2)14-12(17)13-7-6-11(15)16/h3-7H,1-2H3,(H,15,16)(H2,13,14,17)/b7-6+. The summed E-state index contributed by atoms with van der Waals surface area (Å²) in [7, 11) is 0. The average Bonchev–Trinajstić information content (AvgIpc) is 2.24. The summed E-state index contributed by atoms with van der Waals surface area (Å²) in [5.41, 5.74) is 2.75. The highest BCUT2D eigenvalue weighted by atomic mass is 16.4. The number of carbonyl (C=O) groups is 2. The van der Waals surface area contributed by atoms with Crippen LogP contribution in [-0.4, -0.2) is 17.1 Å². The van der Waals surface area contributed by atoms with Crippen molar-refractivity contribution in [2.45, 2.75) is 13.8 Å². The van der Waals surface area contributed by atoms with E-state index in [1.807, 2.05) is 26.0 Å². The molecule has 0 saturated heterocycles. The number of carboxylic acid groups (broad SMARTS) is 1. The zero-order chi connectivity index (χ0) is 12.8. The highest BCUT2D eigenvalue weighted by Gasteiger charge is 2.03. The fraction of sp³-hybridized carbons (Fsp3) is 0.167. The lowest BCUT2D eigenvalue weighted by molar-refractivity contribution is -0.131. The summed E-state index contributed by atoms with van der Waals surface area (Å²) in [4.78, 5) is 21.6. The van der Waals surface area contributed by atoms with Crippen LogP contribution in [0.3, 0.4) is 0 Å². The van der Waals surface area contributed by atoms with Crippen molar-refractivity contribution in [3.63, 3.8) is 0 Å². The number of carbonyl (C=O) groups excluding carboxylic acids is 1. The molecule has 17 heavy (non-hydrogen) atoms. The minimum atomic E-state index is -1.11. The molecule has 0 heterocycles. The number of rotatable bonds is 3. The zero-order valence-electron chi connectivity index (χ0n) is 9.65. The van der Waals surface area contributed by atoms with Crippen LogP contribution in [0.2, 0.25) is 0 Å². The van der Waals surface area contributed by atoms with Crippen molar-refractivity contribution in [1.29, 1.82) is 0 Å². The second kappa shape index (κ2) is 5.69. The Labute approximate surface area is 99.1 Å². The molecule has 0 aliphatic carbocycles. The van der Waals surface area contributed by atoms with Crippen LogP contribution in [0.25, 0.3) is 0 Å². The molecule has 0 fully saturated rings. The van der Waals surface area contributed by atoms with Crippen LogP contribution >= 0.6 is 0 Å². The minimum Gasteiger partial charge on any atom is -0.478 e. The van der Waals surface area contributed by atoms with Crippen LogP contribution in [0.4, 0.5) is 10.5 Å². The molecule has 0 radical (unpaired) electrons. The van der Waals surface area contributed by atoms with Crippen LogP contribution < -0.4 is 10.6 Å². The minimum absolute atomic E-state index is 0.476. The van der Waals surface area contributed by atoms with Crippen LogP contribution in [-0.2, 0) is 4.79 Å². The van der Waals surface area contributed by atoms with Crippen molar-refractivity contribution in [3.8, 4) is 0 Å². The molecule has 0 spiro atoms. The summed E-state index contributed by atoms with van der Waals surface area (Å²) in [6, 6.07) is 5.09. The van der Waals surface area contributed by atoms with E-state index in [9.17, 15) is 9.59 Å². The van der Waals surface area contributed by atoms with Crippen LogP contribution in [0.15, 0.2) is 30.5 Å². The summed E-state index contributed by atoms with van der Waals surface area (Å²) in [5.74, 6) is -1.11. The Hall–Kier alpha value is -2.30. The maximum Gasteiger partial charge on any atom is 0.329 e. The van der Waals surface area contributed by atoms with Gasteiger partial charge >= 0.3 is 12.0 Å². The molecular formula is C12H14N2O3. The lowest BCUT2D eigenvalue weighted by Crippen LogP contribution is -2.24. The lowest BCUT2D eigenvalue weighted by atomic mass is 10.1. The van der Waals surface area contributed by atoms with Gasteiger partial charge in [0.05, 0.1) is 0 Å². The van der Waals surface area contributed by atoms with Gasteiger partial charge in [0.2, 0.25) is 0 Å². The maximum absolute atomic E-state index is 11.4. The Morgan fingerprint density at radius 3 is 2.65 bits per heavy atom. The first kappa shape index (κ1) is 12.8. The van der Waals surface area contributed by atoms with E-state index in [0.717, 1.165) is 23.4 Å². The number of carboxylic acids is 1. The van der Waals surface area contributed by atoms with Gasteiger partial charge in [-0.2, -0.15) is 0 Å². The highest BCUT2D eigenvalue weighted by molar-refractivity contribution is 5.91. The molecule has 90 valence electrons. The summed E-state index contributed by atoms with van der Waals surface area (Å²) >= 11 is 0. The number of anilines is 1. The van der Waals surface area contributed by atoms with Gasteiger partial charge in [-0.25, -0.2) is 9.59 Å². The van der Waals surface area contributed by atoms with Crippen molar-refractivity contribution in [3.05, 3.63) is 41.6 Å². The van der Waals surface area contributed by atoms with E-state index in [-0.39, 0.29) is 0 Å². The van der Waals surface area contributed by atoms with E-state index < -0.39 is 12.0 Å². The fourth-order valence-corrected chi connectivity index (χ4v) is 1.23. The molecule has 0 saturated carbocycles. The van der Waals surface area contributed by atoms with Crippen LogP contribution in [0, 0.1) is 13.8 Å². The largest absolute Gasteiger partial charge is 0.478 e. The van der Waals surface area contributed by atoms with E-state index in [1.165, 1.54) is 0 Å². The van der Waals surface area contributed by atoms with Gasteiger partial charge in [0, 0.05) is 18.0 Å². The van der Waals surface area contributed by atoms with Crippen molar-refractivity contribution >= 4 is 17.7 Å². The second-order valence-electron chi connectivity index (χ2n) is 3.52. The van der Waals surface area contributed by atoms with Gasteiger partial charge in [-0.15, -0.1) is 0 Å². The molecule has 2 amide bonds. The van der Waals surface area contributed by atoms with Gasteiger partial charge in [0.25, 0.3) is 0 Å². The van der Waals surface area contributed by atoms with Gasteiger partial charge in [-0.05, 0) is 31.0 Å². The molecule has 5 heteroatoms. The molecule has 1 rings (SSSR count). The first-order valence-corrected chi connectivity index (χ1v) is 5.04. The Balaban J connectivity index is 2.62. The topological polar surface area (TPSA) is 78.4 Å². The van der Waals surface area contributed by atoms with Crippen LogP contribution in [0.5, 0.6) is 0 Å². The van der Waals surface area contributed by atoms with Gasteiger partial charge in [-0.1, -0.05) is 12.1 Å². The molecule has 5 nitrogen and oxygen atoms in total. The maximum atomic E-state index is 11.4. The Morgan fingerprint density at radius 1 is 1.29 bits per heavy atom. The third kappa shape index (κ3) is 3.98. The third-order valence-corrected chi connectivity index (χ3v) is 2.29. The highest BCUT2D eigenvalue weighted by Crippen LogP contribution is 2.17. The van der Waals surface area contributed by atoms with E-state index in [0.29, 0.717) is 5.69 Å². The van der Waals surface area contributed by atoms with Crippen molar-refractivity contribution in [1.82, 2.24) is 5.32 Å². The quantitative estimate of drug-likeness (QED) is 0.700. The molecule has 0 atom stereocenters. The molecule has 1 aromatic rings. The molecule has 1 aromatic carbocycles. The fourth-order valence-electron chi connectivity index (χ4n) is 1.23. The zero-order valence-corrected chi connectivity index (χ0v) is 9.65. The number of aliphatic carboxylic acids is 1. The Kier molecular flexibility index (Phi) is 4.28. The van der Waals surface area contributed by atoms with Gasteiger partial charge in [0.15, 0.2) is 0 Å². The van der Waals surface area contributed by atoms with Gasteiger partial charge in [-0.3, -0.25) is 0 Å². The summed E-state index contributed by atoms with van der Waals surface area (Å²) < 4.78 is 0. The number of aryl methyl sites for hydroxylation is 1. The summed E-state index contributed by atoms with van der Waals surface area (Å²) in [6.07, 6.45) is 1.92. The Morgan fingerprint density at radius 2 is 2.00 bits per heavy atom. The van der Waals surface area contributed by atoms with E-state index in [2.05, 4.69) is 10.6 Å². The van der Waals surface area contributed by atoms with E-state index >= 15 is 0 Å². The van der Waals surface area contributed by atoms with E-state index in [1.54, 1.807) is 6.07 Å². The third-order valence-electron chi connectivity index (χ3n) is 2.29. The molecule has 0 aliphatic heterocycles. The summed E-state index contributed by atoms with van der Waals surface area (Å²) in [5, 5.41) is 13.3. The average molecular weight is 234 g/mol. The number of amides is 2. The molecular weight excluding hydrogens is 220 g/mol. The predicted molar refractivity (Wildman–Crippen MR) is 64.8 cm³/mol. The lowest BCUT2D eigenvalue weighted by Gasteiger charge is -2.09. The molecule has 3 N–H and O–H groups in total. The molecule has 0 aromatic heterocycles. The normalized spacial score (nSPS) is 10.2. The monoisotopic (exact) mass is 234 g/mol. The number of urea groups is 1. The second-order valence-corrected chi connectivity index (χ2v) is 3.52. The van der Waals surface area contributed by atoms with Gasteiger partial charge in [0.1, 0.15) is 0 Å².